The summed E-state index contributed by atoms with van der Waals surface area (Å²) >= 11 is 1.86. The van der Waals surface area contributed by atoms with Gasteiger partial charge >= 0.3 is 6.03 Å². The smallest absolute Gasteiger partial charge is 0.319 e. The molecule has 0 aliphatic heterocycles. The number of amides is 2. The number of thioether (sulfide) groups is 1. The van der Waals surface area contributed by atoms with Gasteiger partial charge in [0.15, 0.2) is 0 Å². The Morgan fingerprint density at radius 3 is 2.50 bits per heavy atom. The van der Waals surface area contributed by atoms with Crippen LogP contribution in [0.2, 0.25) is 0 Å². The molecule has 0 spiro atoms. The third-order valence-electron chi connectivity index (χ3n) is 3.96. The fraction of sp³-hybridized carbons (Fsp3) is 0.533. The van der Waals surface area contributed by atoms with Gasteiger partial charge in [-0.25, -0.2) is 4.79 Å². The zero-order valence-corrected chi connectivity index (χ0v) is 12.9. The monoisotopic (exact) mass is 293 g/mol. The SMILES string of the molecule is CSC1(CNC(=O)Nc2ccc(C(C)N)cc2)CCC1. The van der Waals surface area contributed by atoms with Gasteiger partial charge in [0.05, 0.1) is 0 Å². The Hall–Kier alpha value is -1.20. The van der Waals surface area contributed by atoms with Gasteiger partial charge in [-0.1, -0.05) is 18.6 Å². The number of urea groups is 1. The van der Waals surface area contributed by atoms with E-state index in [0.717, 1.165) is 17.8 Å². The highest BCUT2D eigenvalue weighted by Crippen LogP contribution is 2.42. The van der Waals surface area contributed by atoms with Crippen LogP contribution in [-0.2, 0) is 0 Å². The minimum atomic E-state index is -0.140. The molecule has 4 nitrogen and oxygen atoms in total. The molecule has 0 bridgehead atoms. The Morgan fingerprint density at radius 2 is 2.05 bits per heavy atom. The van der Waals surface area contributed by atoms with Crippen molar-refractivity contribution in [1.82, 2.24) is 5.32 Å². The molecule has 20 heavy (non-hydrogen) atoms. The maximum absolute atomic E-state index is 11.9. The van der Waals surface area contributed by atoms with E-state index in [4.69, 9.17) is 5.73 Å². The van der Waals surface area contributed by atoms with Gasteiger partial charge in [0.25, 0.3) is 0 Å². The zero-order chi connectivity index (χ0) is 14.6. The fourth-order valence-electron chi connectivity index (χ4n) is 2.31. The molecule has 110 valence electrons. The normalized spacial score (nSPS) is 17.9. The van der Waals surface area contributed by atoms with Crippen molar-refractivity contribution < 1.29 is 4.79 Å². The molecule has 1 aromatic carbocycles. The average molecular weight is 293 g/mol. The third-order valence-corrected chi connectivity index (χ3v) is 5.38. The predicted molar refractivity (Wildman–Crippen MR) is 86.2 cm³/mol. The summed E-state index contributed by atoms with van der Waals surface area (Å²) in [6.07, 6.45) is 5.77. The van der Waals surface area contributed by atoms with E-state index in [-0.39, 0.29) is 16.8 Å². The average Bonchev–Trinajstić information content (AvgIpc) is 2.38. The number of nitrogens with one attached hydrogen (secondary N) is 2. The highest BCUT2D eigenvalue weighted by Gasteiger charge is 2.36. The molecule has 0 radical (unpaired) electrons. The second kappa shape index (κ2) is 6.50. The van der Waals surface area contributed by atoms with Crippen molar-refractivity contribution in [3.8, 4) is 0 Å². The summed E-state index contributed by atoms with van der Waals surface area (Å²) in [6, 6.07) is 7.51. The molecular weight excluding hydrogens is 270 g/mol. The summed E-state index contributed by atoms with van der Waals surface area (Å²) in [4.78, 5) is 11.9. The molecule has 4 N–H and O–H groups in total. The van der Waals surface area contributed by atoms with Gasteiger partial charge in [-0.15, -0.1) is 0 Å². The van der Waals surface area contributed by atoms with Gasteiger partial charge in [-0.2, -0.15) is 11.8 Å². The van der Waals surface area contributed by atoms with Crippen molar-refractivity contribution in [3.05, 3.63) is 29.8 Å². The maximum Gasteiger partial charge on any atom is 0.319 e. The Kier molecular flexibility index (Phi) is 4.94. The molecule has 1 fully saturated rings. The standard InChI is InChI=1S/C15H23N3OS/c1-11(16)12-4-6-13(7-5-12)18-14(19)17-10-15(20-2)8-3-9-15/h4-7,11H,3,8-10,16H2,1-2H3,(H2,17,18,19). The van der Waals surface area contributed by atoms with Crippen LogP contribution in [0.25, 0.3) is 0 Å². The number of hydrogen-bond donors (Lipinski definition) is 3. The van der Waals surface area contributed by atoms with E-state index in [1.807, 2.05) is 43.0 Å². The highest BCUT2D eigenvalue weighted by atomic mass is 32.2. The first-order valence-corrected chi connectivity index (χ1v) is 8.23. The number of carbonyl (C=O) groups excluding carboxylic acids is 1. The minimum Gasteiger partial charge on any atom is -0.336 e. The Bertz CT molecular complexity index is 449. The first kappa shape index (κ1) is 15.2. The van der Waals surface area contributed by atoms with Crippen LogP contribution < -0.4 is 16.4 Å². The molecule has 1 aliphatic rings. The molecule has 2 rings (SSSR count). The van der Waals surface area contributed by atoms with Crippen molar-refractivity contribution in [2.75, 3.05) is 18.1 Å². The van der Waals surface area contributed by atoms with Crippen LogP contribution >= 0.6 is 11.8 Å². The first-order valence-electron chi connectivity index (χ1n) is 7.00. The molecule has 0 aromatic heterocycles. The second-order valence-corrected chi connectivity index (χ2v) is 6.73. The van der Waals surface area contributed by atoms with Gasteiger partial charge in [0, 0.05) is 23.0 Å². The number of anilines is 1. The topological polar surface area (TPSA) is 67.2 Å². The number of rotatable bonds is 5. The van der Waals surface area contributed by atoms with Crippen LogP contribution in [0, 0.1) is 0 Å². The van der Waals surface area contributed by atoms with Gasteiger partial charge in [0.2, 0.25) is 0 Å². The van der Waals surface area contributed by atoms with E-state index in [1.54, 1.807) is 0 Å². The molecular formula is C15H23N3OS. The molecule has 5 heteroatoms. The molecule has 1 aliphatic carbocycles. The molecule has 0 heterocycles. The van der Waals surface area contributed by atoms with E-state index in [1.165, 1.54) is 19.3 Å². The lowest BCUT2D eigenvalue weighted by atomic mass is 9.84. The lowest BCUT2D eigenvalue weighted by Gasteiger charge is -2.40. The number of nitrogens with two attached hydrogens (primary N) is 1. The predicted octanol–water partition coefficient (Wildman–Crippen LogP) is 3.11. The van der Waals surface area contributed by atoms with Crippen molar-refractivity contribution in [3.63, 3.8) is 0 Å². The van der Waals surface area contributed by atoms with E-state index < -0.39 is 0 Å². The van der Waals surface area contributed by atoms with Crippen molar-refractivity contribution in [2.45, 2.75) is 37.0 Å². The first-order chi connectivity index (χ1) is 9.54. The van der Waals surface area contributed by atoms with Gasteiger partial charge < -0.3 is 16.4 Å². The van der Waals surface area contributed by atoms with Gasteiger partial charge in [0.1, 0.15) is 0 Å². The number of hydrogen-bond acceptors (Lipinski definition) is 3. The second-order valence-electron chi connectivity index (χ2n) is 5.46. The molecule has 1 saturated carbocycles. The van der Waals surface area contributed by atoms with Gasteiger partial charge in [-0.05, 0) is 43.7 Å². The Balaban J connectivity index is 1.82. The van der Waals surface area contributed by atoms with E-state index in [0.29, 0.717) is 0 Å². The van der Waals surface area contributed by atoms with Gasteiger partial charge in [-0.3, -0.25) is 0 Å². The molecule has 2 amide bonds. The Morgan fingerprint density at radius 1 is 1.40 bits per heavy atom. The van der Waals surface area contributed by atoms with E-state index in [2.05, 4.69) is 16.9 Å². The van der Waals surface area contributed by atoms with Crippen LogP contribution in [0.4, 0.5) is 10.5 Å². The zero-order valence-electron chi connectivity index (χ0n) is 12.1. The van der Waals surface area contributed by atoms with Crippen LogP contribution in [-0.4, -0.2) is 23.6 Å². The van der Waals surface area contributed by atoms with Crippen LogP contribution in [0.15, 0.2) is 24.3 Å². The quantitative estimate of drug-likeness (QED) is 0.781. The van der Waals surface area contributed by atoms with Crippen LogP contribution in [0.3, 0.4) is 0 Å². The lowest BCUT2D eigenvalue weighted by molar-refractivity contribution is 0.247. The number of benzene rings is 1. The minimum absolute atomic E-state index is 0.0120. The number of carbonyl (C=O) groups is 1. The van der Waals surface area contributed by atoms with E-state index >= 15 is 0 Å². The summed E-state index contributed by atoms with van der Waals surface area (Å²) < 4.78 is 0.260. The van der Waals surface area contributed by atoms with Crippen LogP contribution in [0.5, 0.6) is 0 Å². The largest absolute Gasteiger partial charge is 0.336 e. The molecule has 1 aromatic rings. The third kappa shape index (κ3) is 3.67. The van der Waals surface area contributed by atoms with Crippen LogP contribution in [0.1, 0.15) is 37.8 Å². The summed E-state index contributed by atoms with van der Waals surface area (Å²) in [5.41, 5.74) is 7.65. The summed E-state index contributed by atoms with van der Waals surface area (Å²) in [5.74, 6) is 0. The summed E-state index contributed by atoms with van der Waals surface area (Å²) in [5, 5.41) is 5.82. The van der Waals surface area contributed by atoms with Crippen molar-refractivity contribution >= 4 is 23.5 Å². The lowest BCUT2D eigenvalue weighted by Crippen LogP contribution is -2.46. The maximum atomic E-state index is 11.9. The molecule has 0 saturated heterocycles. The Labute approximate surface area is 124 Å². The summed E-state index contributed by atoms with van der Waals surface area (Å²) in [6.45, 7) is 2.67. The van der Waals surface area contributed by atoms with Crippen molar-refractivity contribution in [2.24, 2.45) is 5.73 Å². The molecule has 1 atom stereocenters. The summed E-state index contributed by atoms with van der Waals surface area (Å²) in [7, 11) is 0. The van der Waals surface area contributed by atoms with Crippen molar-refractivity contribution in [1.29, 1.82) is 0 Å². The highest BCUT2D eigenvalue weighted by molar-refractivity contribution is 8.00. The molecule has 1 unspecified atom stereocenters. The van der Waals surface area contributed by atoms with E-state index in [9.17, 15) is 4.79 Å². The fourth-order valence-corrected chi connectivity index (χ4v) is 3.22.